The van der Waals surface area contributed by atoms with Crippen LogP contribution in [0.3, 0.4) is 0 Å². The summed E-state index contributed by atoms with van der Waals surface area (Å²) in [6.45, 7) is 5.90. The summed E-state index contributed by atoms with van der Waals surface area (Å²) in [5.41, 5.74) is 8.36. The molecule has 0 radical (unpaired) electrons. The molecule has 98 valence electrons. The Morgan fingerprint density at radius 3 is 2.95 bits per heavy atom. The SMILES string of the molecule is CC#CCNC(=O)c1sc2cc(C)nc(C)c2c1N. The van der Waals surface area contributed by atoms with Crippen molar-refractivity contribution in [2.75, 3.05) is 12.3 Å². The first-order chi connectivity index (χ1) is 9.04. The molecule has 19 heavy (non-hydrogen) atoms. The molecule has 0 saturated carbocycles. The first-order valence-corrected chi connectivity index (χ1v) is 6.70. The van der Waals surface area contributed by atoms with Gasteiger partial charge in [-0.25, -0.2) is 0 Å². The number of amides is 1. The number of fused-ring (bicyclic) bond motifs is 1. The topological polar surface area (TPSA) is 68.0 Å². The van der Waals surface area contributed by atoms with E-state index < -0.39 is 0 Å². The van der Waals surface area contributed by atoms with Crippen LogP contribution < -0.4 is 11.1 Å². The number of aryl methyl sites for hydroxylation is 2. The van der Waals surface area contributed by atoms with Crippen LogP contribution in [0, 0.1) is 25.7 Å². The smallest absolute Gasteiger partial charge is 0.264 e. The fraction of sp³-hybridized carbons (Fsp3) is 0.286. The molecule has 0 spiro atoms. The van der Waals surface area contributed by atoms with E-state index in [-0.39, 0.29) is 5.91 Å². The first-order valence-electron chi connectivity index (χ1n) is 5.88. The van der Waals surface area contributed by atoms with E-state index in [1.54, 1.807) is 6.92 Å². The number of anilines is 1. The number of nitrogens with one attached hydrogen (secondary N) is 1. The molecule has 1 amide bonds. The zero-order valence-corrected chi connectivity index (χ0v) is 11.9. The average molecular weight is 273 g/mol. The third-order valence-electron chi connectivity index (χ3n) is 2.74. The summed E-state index contributed by atoms with van der Waals surface area (Å²) in [5.74, 6) is 5.34. The van der Waals surface area contributed by atoms with E-state index in [2.05, 4.69) is 22.1 Å². The fourth-order valence-corrected chi connectivity index (χ4v) is 3.13. The average Bonchev–Trinajstić information content (AvgIpc) is 2.66. The van der Waals surface area contributed by atoms with Crippen molar-refractivity contribution in [3.63, 3.8) is 0 Å². The lowest BCUT2D eigenvalue weighted by Crippen LogP contribution is -2.23. The van der Waals surface area contributed by atoms with Gasteiger partial charge in [-0.1, -0.05) is 5.92 Å². The number of carbonyl (C=O) groups excluding carboxylic acids is 1. The zero-order valence-electron chi connectivity index (χ0n) is 11.1. The van der Waals surface area contributed by atoms with Crippen LogP contribution in [0.25, 0.3) is 10.1 Å². The highest BCUT2D eigenvalue weighted by molar-refractivity contribution is 7.21. The Hall–Kier alpha value is -2.06. The molecule has 4 nitrogen and oxygen atoms in total. The molecule has 3 N–H and O–H groups in total. The summed E-state index contributed by atoms with van der Waals surface area (Å²) in [7, 11) is 0. The number of nitrogens with two attached hydrogens (primary N) is 1. The second kappa shape index (κ2) is 5.29. The Labute approximate surface area is 116 Å². The minimum Gasteiger partial charge on any atom is -0.397 e. The Kier molecular flexibility index (Phi) is 3.72. The third kappa shape index (κ3) is 2.54. The lowest BCUT2D eigenvalue weighted by atomic mass is 10.2. The highest BCUT2D eigenvalue weighted by atomic mass is 32.1. The minimum atomic E-state index is -0.182. The number of aromatic nitrogens is 1. The van der Waals surface area contributed by atoms with E-state index in [4.69, 9.17) is 5.73 Å². The monoisotopic (exact) mass is 273 g/mol. The lowest BCUT2D eigenvalue weighted by molar-refractivity contribution is 0.0963. The van der Waals surface area contributed by atoms with E-state index in [1.165, 1.54) is 11.3 Å². The molecule has 2 rings (SSSR count). The van der Waals surface area contributed by atoms with Gasteiger partial charge in [0.2, 0.25) is 0 Å². The van der Waals surface area contributed by atoms with Crippen molar-refractivity contribution in [1.82, 2.24) is 10.3 Å². The van der Waals surface area contributed by atoms with Gasteiger partial charge in [0, 0.05) is 21.5 Å². The second-order valence-corrected chi connectivity index (χ2v) is 5.23. The molecule has 0 aromatic carbocycles. The van der Waals surface area contributed by atoms with Gasteiger partial charge in [0.15, 0.2) is 0 Å². The molecule has 0 saturated heterocycles. The fourth-order valence-electron chi connectivity index (χ4n) is 1.94. The Bertz CT molecular complexity index is 707. The predicted molar refractivity (Wildman–Crippen MR) is 79.3 cm³/mol. The summed E-state index contributed by atoms with van der Waals surface area (Å²) in [5, 5.41) is 3.61. The number of nitrogens with zero attached hydrogens (tertiary/aromatic N) is 1. The molecule has 0 bridgehead atoms. The van der Waals surface area contributed by atoms with Crippen molar-refractivity contribution in [3.8, 4) is 11.8 Å². The van der Waals surface area contributed by atoms with Gasteiger partial charge >= 0.3 is 0 Å². The van der Waals surface area contributed by atoms with E-state index >= 15 is 0 Å². The minimum absolute atomic E-state index is 0.182. The van der Waals surface area contributed by atoms with Crippen LogP contribution >= 0.6 is 11.3 Å². The van der Waals surface area contributed by atoms with Gasteiger partial charge < -0.3 is 11.1 Å². The van der Waals surface area contributed by atoms with E-state index in [0.29, 0.717) is 17.1 Å². The van der Waals surface area contributed by atoms with Crippen molar-refractivity contribution < 1.29 is 4.79 Å². The number of pyridine rings is 1. The number of rotatable bonds is 2. The molecule has 0 aliphatic heterocycles. The predicted octanol–water partition coefficient (Wildman–Crippen LogP) is 2.25. The van der Waals surface area contributed by atoms with Crippen molar-refractivity contribution in [2.24, 2.45) is 0 Å². The number of hydrogen-bond donors (Lipinski definition) is 2. The number of thiophene rings is 1. The quantitative estimate of drug-likeness (QED) is 0.825. The third-order valence-corrected chi connectivity index (χ3v) is 3.89. The molecule has 2 heterocycles. The summed E-state index contributed by atoms with van der Waals surface area (Å²) in [4.78, 5) is 17.0. The van der Waals surface area contributed by atoms with E-state index in [9.17, 15) is 4.79 Å². The van der Waals surface area contributed by atoms with Gasteiger partial charge in [-0.15, -0.1) is 17.3 Å². The van der Waals surface area contributed by atoms with Gasteiger partial charge in [-0.05, 0) is 26.8 Å². The van der Waals surface area contributed by atoms with Crippen LogP contribution in [-0.2, 0) is 0 Å². The number of carbonyl (C=O) groups is 1. The Morgan fingerprint density at radius 1 is 1.53 bits per heavy atom. The van der Waals surface area contributed by atoms with Crippen LogP contribution in [0.4, 0.5) is 5.69 Å². The van der Waals surface area contributed by atoms with Crippen molar-refractivity contribution in [2.45, 2.75) is 20.8 Å². The standard InChI is InChI=1S/C14H15N3OS/c1-4-5-6-16-14(18)13-12(15)11-9(3)17-8(2)7-10(11)19-13/h7H,6,15H2,1-3H3,(H,16,18). The lowest BCUT2D eigenvalue weighted by Gasteiger charge is -2.01. The van der Waals surface area contributed by atoms with E-state index in [1.807, 2.05) is 19.9 Å². The van der Waals surface area contributed by atoms with Gasteiger partial charge in [0.1, 0.15) is 4.88 Å². The maximum Gasteiger partial charge on any atom is 0.264 e. The van der Waals surface area contributed by atoms with Gasteiger partial charge in [0.05, 0.1) is 12.2 Å². The largest absolute Gasteiger partial charge is 0.397 e. The first kappa shape index (κ1) is 13.4. The van der Waals surface area contributed by atoms with E-state index in [0.717, 1.165) is 21.5 Å². The van der Waals surface area contributed by atoms with Crippen LogP contribution in [0.1, 0.15) is 28.0 Å². The molecular weight excluding hydrogens is 258 g/mol. The molecule has 0 aliphatic rings. The maximum absolute atomic E-state index is 12.0. The molecular formula is C14H15N3OS. The van der Waals surface area contributed by atoms with Gasteiger partial charge in [0.25, 0.3) is 5.91 Å². The zero-order chi connectivity index (χ0) is 14.0. The van der Waals surface area contributed by atoms with Gasteiger partial charge in [-0.2, -0.15) is 0 Å². The normalized spacial score (nSPS) is 10.1. The molecule has 2 aromatic rings. The molecule has 0 aliphatic carbocycles. The summed E-state index contributed by atoms with van der Waals surface area (Å²) >= 11 is 1.39. The van der Waals surface area contributed by atoms with Crippen LogP contribution in [0.2, 0.25) is 0 Å². The van der Waals surface area contributed by atoms with Crippen LogP contribution in [0.5, 0.6) is 0 Å². The van der Waals surface area contributed by atoms with Crippen LogP contribution in [0.15, 0.2) is 6.07 Å². The highest BCUT2D eigenvalue weighted by Crippen LogP contribution is 2.35. The molecule has 0 unspecified atom stereocenters. The number of nitrogen functional groups attached to an aromatic ring is 1. The summed E-state index contributed by atoms with van der Waals surface area (Å²) in [6, 6.07) is 1.95. The van der Waals surface area contributed by atoms with Crippen molar-refractivity contribution >= 4 is 33.0 Å². The molecule has 0 fully saturated rings. The summed E-state index contributed by atoms with van der Waals surface area (Å²) < 4.78 is 0.995. The van der Waals surface area contributed by atoms with Crippen LogP contribution in [-0.4, -0.2) is 17.4 Å². The Morgan fingerprint density at radius 2 is 2.26 bits per heavy atom. The molecule has 2 aromatic heterocycles. The molecule has 0 atom stereocenters. The number of hydrogen-bond acceptors (Lipinski definition) is 4. The highest BCUT2D eigenvalue weighted by Gasteiger charge is 2.17. The van der Waals surface area contributed by atoms with Crippen molar-refractivity contribution in [3.05, 3.63) is 22.3 Å². The Balaban J connectivity index is 2.44. The van der Waals surface area contributed by atoms with Gasteiger partial charge in [-0.3, -0.25) is 9.78 Å². The maximum atomic E-state index is 12.0. The van der Waals surface area contributed by atoms with Crippen molar-refractivity contribution in [1.29, 1.82) is 0 Å². The summed E-state index contributed by atoms with van der Waals surface area (Å²) in [6.07, 6.45) is 0. The second-order valence-electron chi connectivity index (χ2n) is 4.18. The molecule has 5 heteroatoms.